The van der Waals surface area contributed by atoms with Gasteiger partial charge < -0.3 is 23.7 Å². The van der Waals surface area contributed by atoms with Gasteiger partial charge in [0.05, 0.1) is 33.0 Å². The Hall–Kier alpha value is -2.59. The second kappa shape index (κ2) is 15.4. The van der Waals surface area contributed by atoms with E-state index in [4.69, 9.17) is 23.7 Å². The topological polar surface area (TPSA) is 46.2 Å². The van der Waals surface area contributed by atoms with Crippen molar-refractivity contribution in [1.82, 2.24) is 0 Å². The van der Waals surface area contributed by atoms with Gasteiger partial charge in [0.2, 0.25) is 0 Å². The van der Waals surface area contributed by atoms with Gasteiger partial charge in [0.25, 0.3) is 0 Å². The van der Waals surface area contributed by atoms with Crippen molar-refractivity contribution in [2.45, 2.75) is 55.0 Å². The summed E-state index contributed by atoms with van der Waals surface area (Å²) in [6.07, 6.45) is -1.43. The van der Waals surface area contributed by atoms with E-state index in [0.29, 0.717) is 33.0 Å². The van der Waals surface area contributed by atoms with Gasteiger partial charge in [-0.25, -0.2) is 0 Å². The molecule has 0 spiro atoms. The molecular weight excluding hydrogens is 615 g/mol. The van der Waals surface area contributed by atoms with Crippen LogP contribution < -0.4 is 0 Å². The first-order chi connectivity index (χ1) is 19.8. The van der Waals surface area contributed by atoms with Crippen LogP contribution in [-0.4, -0.2) is 35.1 Å². The summed E-state index contributed by atoms with van der Waals surface area (Å²) >= 11 is 2.32. The lowest BCUT2D eigenvalue weighted by Gasteiger charge is -2.44. The molecule has 0 amide bonds. The maximum Gasteiger partial charge on any atom is 0.138 e. The molecule has 208 valence electrons. The number of rotatable bonds is 13. The summed E-state index contributed by atoms with van der Waals surface area (Å²) in [5.74, 6) is 0. The molecule has 4 aromatic carbocycles. The lowest BCUT2D eigenvalue weighted by molar-refractivity contribution is -0.251. The van der Waals surface area contributed by atoms with Gasteiger partial charge in [0, 0.05) is 0 Å². The Morgan fingerprint density at radius 3 is 1.30 bits per heavy atom. The number of hydrogen-bond donors (Lipinski definition) is 0. The van der Waals surface area contributed by atoms with E-state index in [-0.39, 0.29) is 22.4 Å². The highest BCUT2D eigenvalue weighted by molar-refractivity contribution is 14.1. The molecule has 1 aliphatic heterocycles. The number of hydrogen-bond acceptors (Lipinski definition) is 5. The van der Waals surface area contributed by atoms with Crippen LogP contribution in [0.15, 0.2) is 121 Å². The summed E-state index contributed by atoms with van der Waals surface area (Å²) in [6, 6.07) is 40.7. The molecule has 0 saturated carbocycles. The summed E-state index contributed by atoms with van der Waals surface area (Å²) in [7, 11) is 0. The summed E-state index contributed by atoms with van der Waals surface area (Å²) in [5, 5.41) is 0. The lowest BCUT2D eigenvalue weighted by Crippen LogP contribution is -2.59. The normalized spacial score (nSPS) is 22.7. The van der Waals surface area contributed by atoms with Gasteiger partial charge >= 0.3 is 0 Å². The van der Waals surface area contributed by atoms with Crippen molar-refractivity contribution in [3.63, 3.8) is 0 Å². The van der Waals surface area contributed by atoms with Crippen LogP contribution in [0.3, 0.4) is 0 Å². The monoisotopic (exact) mass is 650 g/mol. The fourth-order valence-electron chi connectivity index (χ4n) is 4.73. The van der Waals surface area contributed by atoms with Crippen molar-refractivity contribution in [2.24, 2.45) is 0 Å². The zero-order chi connectivity index (χ0) is 27.4. The van der Waals surface area contributed by atoms with E-state index in [1.807, 2.05) is 72.8 Å². The Morgan fingerprint density at radius 2 is 0.850 bits per heavy atom. The van der Waals surface area contributed by atoms with Crippen LogP contribution >= 0.6 is 22.6 Å². The van der Waals surface area contributed by atoms with Crippen molar-refractivity contribution in [3.8, 4) is 0 Å². The summed E-state index contributed by atoms with van der Waals surface area (Å²) < 4.78 is 32.2. The Morgan fingerprint density at radius 1 is 0.475 bits per heavy atom. The molecule has 0 aliphatic carbocycles. The molecule has 0 N–H and O–H groups in total. The van der Waals surface area contributed by atoms with Gasteiger partial charge in [0.1, 0.15) is 28.5 Å². The van der Waals surface area contributed by atoms with Crippen LogP contribution in [0, 0.1) is 0 Å². The fraction of sp³-hybridized carbons (Fsp3) is 0.294. The van der Waals surface area contributed by atoms with Crippen LogP contribution in [0.25, 0.3) is 0 Å². The molecule has 0 radical (unpaired) electrons. The van der Waals surface area contributed by atoms with E-state index in [9.17, 15) is 0 Å². The van der Waals surface area contributed by atoms with Gasteiger partial charge in [-0.3, -0.25) is 0 Å². The Labute approximate surface area is 250 Å². The third kappa shape index (κ3) is 8.46. The van der Waals surface area contributed by atoms with E-state index in [2.05, 4.69) is 71.1 Å². The molecule has 4 aromatic rings. The smallest absolute Gasteiger partial charge is 0.138 e. The molecule has 1 saturated heterocycles. The number of benzene rings is 4. The van der Waals surface area contributed by atoms with E-state index >= 15 is 0 Å². The lowest BCUT2D eigenvalue weighted by atomic mass is 9.99. The largest absolute Gasteiger partial charge is 0.374 e. The molecule has 5 nitrogen and oxygen atoms in total. The minimum atomic E-state index is -0.397. The first kappa shape index (κ1) is 28.9. The average molecular weight is 651 g/mol. The zero-order valence-corrected chi connectivity index (χ0v) is 24.5. The van der Waals surface area contributed by atoms with E-state index in [0.717, 1.165) is 22.3 Å². The zero-order valence-electron chi connectivity index (χ0n) is 22.4. The van der Waals surface area contributed by atoms with Crippen molar-refractivity contribution in [3.05, 3.63) is 144 Å². The highest BCUT2D eigenvalue weighted by Crippen LogP contribution is 2.33. The molecule has 1 aliphatic rings. The van der Waals surface area contributed by atoms with Gasteiger partial charge in [-0.1, -0.05) is 121 Å². The standard InChI is InChI=1S/C34H35IO5/c35-34-33(39-24-29-19-11-4-12-20-29)32(38-23-28-17-9-3-10-18-28)31(37-22-27-15-7-2-8-16-27)30(40-34)25-36-21-26-13-5-1-6-14-26/h1-20,30-34H,21-25H2/t30?,31-,32?,33?,34-/m0/s1. The molecule has 6 heteroatoms. The summed E-state index contributed by atoms with van der Waals surface area (Å²) in [4.78, 5) is 0. The first-order valence-corrected chi connectivity index (χ1v) is 14.9. The highest BCUT2D eigenvalue weighted by Gasteiger charge is 2.47. The fourth-order valence-corrected chi connectivity index (χ4v) is 5.73. The van der Waals surface area contributed by atoms with Crippen LogP contribution in [-0.2, 0) is 50.1 Å². The van der Waals surface area contributed by atoms with Crippen LogP contribution in [0.1, 0.15) is 22.3 Å². The first-order valence-electron chi connectivity index (χ1n) is 13.6. The second-order valence-electron chi connectivity index (χ2n) is 9.81. The van der Waals surface area contributed by atoms with Crippen LogP contribution in [0.5, 0.6) is 0 Å². The molecule has 5 atom stereocenters. The minimum Gasteiger partial charge on any atom is -0.374 e. The molecule has 1 fully saturated rings. The van der Waals surface area contributed by atoms with E-state index in [1.54, 1.807) is 0 Å². The molecule has 3 unspecified atom stereocenters. The van der Waals surface area contributed by atoms with Crippen LogP contribution in [0.2, 0.25) is 0 Å². The molecule has 40 heavy (non-hydrogen) atoms. The highest BCUT2D eigenvalue weighted by atomic mass is 127. The predicted octanol–water partition coefficient (Wildman–Crippen LogP) is 7.12. The summed E-state index contributed by atoms with van der Waals surface area (Å²) in [5.41, 5.74) is 4.40. The molecular formula is C34H35IO5. The second-order valence-corrected chi connectivity index (χ2v) is 11.0. The Balaban J connectivity index is 1.36. The van der Waals surface area contributed by atoms with E-state index < -0.39 is 6.10 Å². The average Bonchev–Trinajstić information content (AvgIpc) is 3.01. The van der Waals surface area contributed by atoms with Crippen molar-refractivity contribution >= 4 is 22.6 Å². The number of halogens is 1. The third-order valence-electron chi connectivity index (χ3n) is 6.83. The van der Waals surface area contributed by atoms with Crippen molar-refractivity contribution in [2.75, 3.05) is 6.61 Å². The maximum absolute atomic E-state index is 6.65. The quantitative estimate of drug-likeness (QED) is 0.114. The van der Waals surface area contributed by atoms with Crippen molar-refractivity contribution in [1.29, 1.82) is 0 Å². The van der Waals surface area contributed by atoms with Gasteiger partial charge in [-0.05, 0) is 44.8 Å². The maximum atomic E-state index is 6.65. The SMILES string of the molecule is I[C@H]1OC(COCc2ccccc2)[C@H](OCc2ccccc2)C(OCc2ccccc2)C1OCc1ccccc1. The molecule has 0 bridgehead atoms. The molecule has 1 heterocycles. The minimum absolute atomic E-state index is 0.246. The van der Waals surface area contributed by atoms with Gasteiger partial charge in [-0.2, -0.15) is 0 Å². The van der Waals surface area contributed by atoms with Crippen LogP contribution in [0.4, 0.5) is 0 Å². The molecule has 5 rings (SSSR count). The Bertz CT molecular complexity index is 1240. The summed E-state index contributed by atoms with van der Waals surface area (Å²) in [6.45, 7) is 2.22. The Kier molecular flexibility index (Phi) is 11.1. The number of ether oxygens (including phenoxy) is 5. The predicted molar refractivity (Wildman–Crippen MR) is 164 cm³/mol. The third-order valence-corrected chi connectivity index (χ3v) is 7.83. The van der Waals surface area contributed by atoms with E-state index in [1.165, 1.54) is 0 Å². The van der Waals surface area contributed by atoms with Crippen molar-refractivity contribution < 1.29 is 23.7 Å². The molecule has 0 aromatic heterocycles. The van der Waals surface area contributed by atoms with Gasteiger partial charge in [-0.15, -0.1) is 0 Å². The number of alkyl halides is 1. The van der Waals surface area contributed by atoms with Gasteiger partial charge in [0.15, 0.2) is 0 Å².